The lowest BCUT2D eigenvalue weighted by Crippen LogP contribution is -2.51. The SMILES string of the molecule is CCS(=O)(=O)N[C@@H]1CN2C(=O)N(c3noc4cc(C)c(F)c(-c5c(F)cc(F)cc5F)c34)C[C@@H]2C1(F)F. The van der Waals surface area contributed by atoms with Gasteiger partial charge in [0.1, 0.15) is 35.4 Å². The number of halogens is 6. The van der Waals surface area contributed by atoms with Crippen LogP contribution in [0.5, 0.6) is 0 Å². The Labute approximate surface area is 205 Å². The molecule has 2 aromatic carbocycles. The number of sulfonamides is 1. The van der Waals surface area contributed by atoms with Gasteiger partial charge in [-0.15, -0.1) is 0 Å². The van der Waals surface area contributed by atoms with Crippen LogP contribution in [0.15, 0.2) is 22.7 Å². The topological polar surface area (TPSA) is 95.8 Å². The number of amides is 2. The highest BCUT2D eigenvalue weighted by Gasteiger charge is 2.63. The number of hydrogen-bond acceptors (Lipinski definition) is 5. The molecule has 5 rings (SSSR count). The van der Waals surface area contributed by atoms with Gasteiger partial charge in [-0.25, -0.2) is 44.3 Å². The number of anilines is 1. The molecular weight excluding hydrogens is 530 g/mol. The van der Waals surface area contributed by atoms with Gasteiger partial charge in [0.25, 0.3) is 5.92 Å². The van der Waals surface area contributed by atoms with Crippen LogP contribution < -0.4 is 9.62 Å². The summed E-state index contributed by atoms with van der Waals surface area (Å²) in [6, 6.07) is -2.85. The highest BCUT2D eigenvalue weighted by molar-refractivity contribution is 7.89. The number of fused-ring (bicyclic) bond motifs is 2. The van der Waals surface area contributed by atoms with Gasteiger partial charge < -0.3 is 9.42 Å². The van der Waals surface area contributed by atoms with Crippen molar-refractivity contribution < 1.29 is 44.1 Å². The molecule has 0 saturated carbocycles. The minimum atomic E-state index is -4.01. The second-order valence-corrected chi connectivity index (χ2v) is 10.9. The molecule has 2 amide bonds. The number of nitrogens with zero attached hydrogens (tertiary/aromatic N) is 3. The number of rotatable bonds is 5. The average molecular weight is 548 g/mol. The van der Waals surface area contributed by atoms with E-state index in [1.54, 1.807) is 0 Å². The highest BCUT2D eigenvalue weighted by atomic mass is 32.2. The molecule has 198 valence electrons. The van der Waals surface area contributed by atoms with Gasteiger partial charge in [-0.2, -0.15) is 0 Å². The molecule has 15 heteroatoms. The Kier molecular flexibility index (Phi) is 5.71. The molecule has 0 bridgehead atoms. The summed E-state index contributed by atoms with van der Waals surface area (Å²) in [4.78, 5) is 14.6. The number of urea groups is 1. The van der Waals surface area contributed by atoms with Gasteiger partial charge in [0.05, 0.1) is 23.2 Å². The Morgan fingerprint density at radius 3 is 2.35 bits per heavy atom. The number of benzene rings is 2. The largest absolute Gasteiger partial charge is 0.354 e. The van der Waals surface area contributed by atoms with E-state index in [0.717, 1.165) is 15.9 Å². The molecule has 1 aromatic heterocycles. The molecule has 1 N–H and O–H groups in total. The lowest BCUT2D eigenvalue weighted by molar-refractivity contribution is -0.0324. The quantitative estimate of drug-likeness (QED) is 0.488. The van der Waals surface area contributed by atoms with Crippen molar-refractivity contribution in [3.05, 3.63) is 47.0 Å². The van der Waals surface area contributed by atoms with Crippen LogP contribution in [-0.2, 0) is 10.0 Å². The molecule has 2 aliphatic heterocycles. The van der Waals surface area contributed by atoms with Crippen molar-refractivity contribution in [1.82, 2.24) is 14.8 Å². The van der Waals surface area contributed by atoms with E-state index in [0.29, 0.717) is 12.1 Å². The van der Waals surface area contributed by atoms with Crippen molar-refractivity contribution in [3.63, 3.8) is 0 Å². The van der Waals surface area contributed by atoms with Crippen LogP contribution in [0.2, 0.25) is 0 Å². The molecular formula is C22H18F6N4O4S. The molecule has 3 heterocycles. The van der Waals surface area contributed by atoms with Gasteiger partial charge in [-0.05, 0) is 25.5 Å². The first kappa shape index (κ1) is 25.3. The summed E-state index contributed by atoms with van der Waals surface area (Å²) in [7, 11) is -4.01. The number of carbonyl (C=O) groups is 1. The van der Waals surface area contributed by atoms with E-state index in [-0.39, 0.29) is 16.5 Å². The number of hydrogen-bond donors (Lipinski definition) is 1. The predicted molar refractivity (Wildman–Crippen MR) is 119 cm³/mol. The van der Waals surface area contributed by atoms with Crippen molar-refractivity contribution in [2.24, 2.45) is 0 Å². The number of carbonyl (C=O) groups excluding carboxylic acids is 1. The Morgan fingerprint density at radius 1 is 1.11 bits per heavy atom. The Balaban J connectivity index is 1.61. The van der Waals surface area contributed by atoms with Crippen LogP contribution in [0.25, 0.3) is 22.1 Å². The van der Waals surface area contributed by atoms with Crippen molar-refractivity contribution in [2.75, 3.05) is 23.7 Å². The molecule has 8 nitrogen and oxygen atoms in total. The van der Waals surface area contributed by atoms with E-state index < -0.39 is 93.1 Å². The predicted octanol–water partition coefficient (Wildman–Crippen LogP) is 3.93. The van der Waals surface area contributed by atoms with Crippen molar-refractivity contribution in [3.8, 4) is 11.1 Å². The maximum Gasteiger partial charge on any atom is 0.326 e. The summed E-state index contributed by atoms with van der Waals surface area (Å²) in [6.45, 7) is 1.17. The first-order valence-corrected chi connectivity index (χ1v) is 12.6. The molecule has 2 fully saturated rings. The summed E-state index contributed by atoms with van der Waals surface area (Å²) in [6.07, 6.45) is 0. The van der Waals surface area contributed by atoms with Gasteiger partial charge >= 0.3 is 6.03 Å². The Hall–Kier alpha value is -3.33. The van der Waals surface area contributed by atoms with E-state index in [9.17, 15) is 26.4 Å². The molecule has 2 aliphatic rings. The monoisotopic (exact) mass is 548 g/mol. The number of nitrogens with one attached hydrogen (secondary N) is 1. The van der Waals surface area contributed by atoms with Gasteiger partial charge in [0.2, 0.25) is 10.0 Å². The third-order valence-electron chi connectivity index (χ3n) is 6.57. The molecule has 0 aliphatic carbocycles. The summed E-state index contributed by atoms with van der Waals surface area (Å²) in [5.41, 5.74) is -1.99. The van der Waals surface area contributed by atoms with Gasteiger partial charge in [-0.1, -0.05) is 5.16 Å². The van der Waals surface area contributed by atoms with Gasteiger partial charge in [0, 0.05) is 24.2 Å². The smallest absolute Gasteiger partial charge is 0.326 e. The minimum absolute atomic E-state index is 0.112. The van der Waals surface area contributed by atoms with E-state index >= 15 is 13.2 Å². The van der Waals surface area contributed by atoms with E-state index in [1.807, 2.05) is 4.72 Å². The summed E-state index contributed by atoms with van der Waals surface area (Å²) < 4.78 is 119. The van der Waals surface area contributed by atoms with Crippen LogP contribution in [0.1, 0.15) is 12.5 Å². The standard InChI is InChI=1S/C22H18F6N4O4S/c1-3-37(34,35)30-14-7-31-15(22(14,27)28)8-32(21(31)33)20-17-13(36-29-20)4-9(2)19(26)18(17)16-11(24)5-10(23)6-12(16)25/h4-6,14-15,30H,3,7-8H2,1-2H3/t14-,15-/m1/s1. The first-order chi connectivity index (χ1) is 17.3. The fraction of sp³-hybridized carbons (Fsp3) is 0.364. The normalized spacial score (nSPS) is 21.4. The van der Waals surface area contributed by atoms with Crippen LogP contribution in [0.3, 0.4) is 0 Å². The number of aryl methyl sites for hydroxylation is 1. The van der Waals surface area contributed by atoms with Crippen LogP contribution in [0, 0.1) is 30.2 Å². The van der Waals surface area contributed by atoms with Crippen LogP contribution in [-0.4, -0.2) is 61.4 Å². The van der Waals surface area contributed by atoms with Crippen molar-refractivity contribution in [1.29, 1.82) is 0 Å². The molecule has 2 atom stereocenters. The third-order valence-corrected chi connectivity index (χ3v) is 7.98. The lowest BCUT2D eigenvalue weighted by atomic mass is 9.97. The number of alkyl halides is 2. The third kappa shape index (κ3) is 3.82. The molecule has 3 aromatic rings. The van der Waals surface area contributed by atoms with Crippen molar-refractivity contribution >= 4 is 32.8 Å². The van der Waals surface area contributed by atoms with Gasteiger partial charge in [-0.3, -0.25) is 4.90 Å². The van der Waals surface area contributed by atoms with Crippen LogP contribution in [0.4, 0.5) is 37.0 Å². The number of aromatic nitrogens is 1. The summed E-state index contributed by atoms with van der Waals surface area (Å²) >= 11 is 0. The first-order valence-electron chi connectivity index (χ1n) is 11.0. The summed E-state index contributed by atoms with van der Waals surface area (Å²) in [5, 5.41) is 3.32. The van der Waals surface area contributed by atoms with E-state index in [1.165, 1.54) is 13.8 Å². The lowest BCUT2D eigenvalue weighted by Gasteiger charge is -2.23. The van der Waals surface area contributed by atoms with Crippen molar-refractivity contribution in [2.45, 2.75) is 31.9 Å². The Morgan fingerprint density at radius 2 is 1.76 bits per heavy atom. The second-order valence-electron chi connectivity index (χ2n) is 8.82. The second kappa shape index (κ2) is 8.34. The zero-order chi connectivity index (χ0) is 27.0. The summed E-state index contributed by atoms with van der Waals surface area (Å²) in [5.74, 6) is -9.87. The fourth-order valence-electron chi connectivity index (χ4n) is 4.71. The molecule has 0 spiro atoms. The van der Waals surface area contributed by atoms with Crippen LogP contribution >= 0.6 is 0 Å². The fourth-order valence-corrected chi connectivity index (χ4v) is 5.54. The van der Waals surface area contributed by atoms with E-state index in [4.69, 9.17) is 4.52 Å². The maximum atomic E-state index is 15.3. The average Bonchev–Trinajstić information content (AvgIpc) is 3.42. The zero-order valence-electron chi connectivity index (χ0n) is 19.2. The Bertz CT molecular complexity index is 1540. The maximum absolute atomic E-state index is 15.3. The highest BCUT2D eigenvalue weighted by Crippen LogP contribution is 2.45. The molecule has 37 heavy (non-hydrogen) atoms. The zero-order valence-corrected chi connectivity index (χ0v) is 20.0. The minimum Gasteiger partial charge on any atom is -0.354 e. The molecule has 0 unspecified atom stereocenters. The van der Waals surface area contributed by atoms with E-state index in [2.05, 4.69) is 5.16 Å². The molecule has 2 saturated heterocycles. The molecule has 0 radical (unpaired) electrons. The van der Waals surface area contributed by atoms with Gasteiger partial charge in [0.15, 0.2) is 11.4 Å².